The van der Waals surface area contributed by atoms with Gasteiger partial charge in [-0.05, 0) is 30.7 Å². The molecule has 0 aliphatic carbocycles. The molecule has 0 saturated carbocycles. The normalized spacial score (nSPS) is 10.3. The van der Waals surface area contributed by atoms with Gasteiger partial charge < -0.3 is 5.73 Å². The fourth-order valence-electron chi connectivity index (χ4n) is 1.31. The van der Waals surface area contributed by atoms with E-state index >= 15 is 0 Å². The van der Waals surface area contributed by atoms with Crippen LogP contribution in [0.2, 0.25) is 0 Å². The molecule has 0 fully saturated rings. The summed E-state index contributed by atoms with van der Waals surface area (Å²) in [5.41, 5.74) is 8.95. The summed E-state index contributed by atoms with van der Waals surface area (Å²) in [5.74, 6) is 0.102. The molecule has 0 atom stereocenters. The maximum absolute atomic E-state index is 7.39. The molecular formula is C10H10N4S2. The van der Waals surface area contributed by atoms with Crippen molar-refractivity contribution in [3.8, 4) is 0 Å². The lowest BCUT2D eigenvalue weighted by molar-refractivity contribution is 1.01. The average molecular weight is 250 g/mol. The maximum atomic E-state index is 7.39. The van der Waals surface area contributed by atoms with Crippen LogP contribution >= 0.6 is 23.1 Å². The Hall–Kier alpha value is -1.40. The third-order valence-corrected chi connectivity index (χ3v) is 3.80. The smallest absolute Gasteiger partial charge is 0.178 e. The molecule has 2 rings (SSSR count). The van der Waals surface area contributed by atoms with Gasteiger partial charge in [0.05, 0.1) is 0 Å². The summed E-state index contributed by atoms with van der Waals surface area (Å²) < 4.78 is 0.912. The predicted molar refractivity (Wildman–Crippen MR) is 66.2 cm³/mol. The zero-order valence-corrected chi connectivity index (χ0v) is 10.2. The number of aryl methyl sites for hydroxylation is 1. The first-order valence-corrected chi connectivity index (χ1v) is 6.25. The lowest BCUT2D eigenvalue weighted by atomic mass is 10.1. The van der Waals surface area contributed by atoms with Crippen molar-refractivity contribution in [3.63, 3.8) is 0 Å². The second-order valence-corrected chi connectivity index (χ2v) is 5.35. The second-order valence-electron chi connectivity index (χ2n) is 3.20. The molecule has 4 nitrogen and oxygen atoms in total. The van der Waals surface area contributed by atoms with Gasteiger partial charge in [0.25, 0.3) is 0 Å². The molecule has 0 aliphatic heterocycles. The van der Waals surface area contributed by atoms with Crippen LogP contribution in [0.1, 0.15) is 11.1 Å². The quantitative estimate of drug-likeness (QED) is 0.647. The minimum atomic E-state index is 0.102. The summed E-state index contributed by atoms with van der Waals surface area (Å²) in [6, 6.07) is 5.81. The van der Waals surface area contributed by atoms with Crippen molar-refractivity contribution in [2.24, 2.45) is 5.73 Å². The zero-order valence-electron chi connectivity index (χ0n) is 8.60. The summed E-state index contributed by atoms with van der Waals surface area (Å²) in [4.78, 5) is 1.08. The first kappa shape index (κ1) is 11.1. The van der Waals surface area contributed by atoms with Gasteiger partial charge in [0.15, 0.2) is 4.34 Å². The van der Waals surface area contributed by atoms with Crippen LogP contribution in [0.5, 0.6) is 0 Å². The maximum Gasteiger partial charge on any atom is 0.178 e. The van der Waals surface area contributed by atoms with Crippen LogP contribution in [0.25, 0.3) is 0 Å². The van der Waals surface area contributed by atoms with E-state index in [0.29, 0.717) is 0 Å². The van der Waals surface area contributed by atoms with Crippen molar-refractivity contribution in [2.45, 2.75) is 16.2 Å². The van der Waals surface area contributed by atoms with Crippen molar-refractivity contribution in [1.29, 1.82) is 5.41 Å². The van der Waals surface area contributed by atoms with Crippen LogP contribution in [-0.2, 0) is 0 Å². The molecule has 0 unspecified atom stereocenters. The molecule has 3 N–H and O–H groups in total. The molecule has 0 saturated heterocycles. The van der Waals surface area contributed by atoms with Gasteiger partial charge in [-0.1, -0.05) is 23.1 Å². The first-order valence-electron chi connectivity index (χ1n) is 4.56. The zero-order chi connectivity index (χ0) is 11.5. The average Bonchev–Trinajstić information content (AvgIpc) is 2.70. The SMILES string of the molecule is Cc1cc(Sc2nncs2)ccc1C(=N)N. The first-order chi connectivity index (χ1) is 7.66. The second kappa shape index (κ2) is 4.63. The van der Waals surface area contributed by atoms with Crippen LogP contribution in [0.15, 0.2) is 32.9 Å². The lowest BCUT2D eigenvalue weighted by Gasteiger charge is -2.05. The number of nitrogens with zero attached hydrogens (tertiary/aromatic N) is 2. The Bertz CT molecular complexity index is 508. The molecule has 0 bridgehead atoms. The number of benzene rings is 1. The minimum absolute atomic E-state index is 0.102. The highest BCUT2D eigenvalue weighted by atomic mass is 32.2. The molecular weight excluding hydrogens is 240 g/mol. The fraction of sp³-hybridized carbons (Fsp3) is 0.100. The number of hydrogen-bond acceptors (Lipinski definition) is 5. The van der Waals surface area contributed by atoms with E-state index in [-0.39, 0.29) is 5.84 Å². The van der Waals surface area contributed by atoms with E-state index in [1.807, 2.05) is 25.1 Å². The van der Waals surface area contributed by atoms with Gasteiger partial charge in [0.1, 0.15) is 11.3 Å². The van der Waals surface area contributed by atoms with Crippen LogP contribution in [0.4, 0.5) is 0 Å². The van der Waals surface area contributed by atoms with Crippen LogP contribution in [0.3, 0.4) is 0 Å². The standard InChI is InChI=1S/C10H10N4S2/c1-6-4-7(2-3-8(6)9(11)12)16-10-14-13-5-15-10/h2-5H,1H3,(H3,11,12). The van der Waals surface area contributed by atoms with E-state index in [4.69, 9.17) is 11.1 Å². The van der Waals surface area contributed by atoms with Gasteiger partial charge in [-0.3, -0.25) is 5.41 Å². The minimum Gasteiger partial charge on any atom is -0.384 e. The number of nitrogens with one attached hydrogen (secondary N) is 1. The molecule has 0 amide bonds. The monoisotopic (exact) mass is 250 g/mol. The Morgan fingerprint density at radius 2 is 2.31 bits per heavy atom. The van der Waals surface area contributed by atoms with Crippen molar-refractivity contribution in [1.82, 2.24) is 10.2 Å². The van der Waals surface area contributed by atoms with E-state index < -0.39 is 0 Å². The number of amidine groups is 1. The van der Waals surface area contributed by atoms with E-state index in [2.05, 4.69) is 10.2 Å². The van der Waals surface area contributed by atoms with E-state index in [9.17, 15) is 0 Å². The molecule has 1 heterocycles. The Kier molecular flexibility index (Phi) is 3.21. The van der Waals surface area contributed by atoms with Gasteiger partial charge in [-0.2, -0.15) is 0 Å². The Labute approximate surface area is 101 Å². The molecule has 6 heteroatoms. The Balaban J connectivity index is 2.24. The molecule has 2 aromatic rings. The van der Waals surface area contributed by atoms with Gasteiger partial charge in [0.2, 0.25) is 0 Å². The highest BCUT2D eigenvalue weighted by molar-refractivity contribution is 8.01. The lowest BCUT2D eigenvalue weighted by Crippen LogP contribution is -2.12. The van der Waals surface area contributed by atoms with Crippen molar-refractivity contribution in [3.05, 3.63) is 34.8 Å². The summed E-state index contributed by atoms with van der Waals surface area (Å²) in [6.07, 6.45) is 0. The third-order valence-electron chi connectivity index (χ3n) is 2.03. The summed E-state index contributed by atoms with van der Waals surface area (Å²) >= 11 is 3.07. The van der Waals surface area contributed by atoms with Gasteiger partial charge in [-0.15, -0.1) is 10.2 Å². The molecule has 1 aromatic carbocycles. The number of nitrogen functional groups attached to an aromatic ring is 1. The molecule has 0 aliphatic rings. The molecule has 0 radical (unpaired) electrons. The topological polar surface area (TPSA) is 75.7 Å². The Morgan fingerprint density at radius 1 is 1.50 bits per heavy atom. The third kappa shape index (κ3) is 2.40. The van der Waals surface area contributed by atoms with Crippen LogP contribution < -0.4 is 5.73 Å². The number of rotatable bonds is 3. The van der Waals surface area contributed by atoms with Crippen LogP contribution in [0, 0.1) is 12.3 Å². The highest BCUT2D eigenvalue weighted by Gasteiger charge is 2.05. The van der Waals surface area contributed by atoms with Gasteiger partial charge in [-0.25, -0.2) is 0 Å². The predicted octanol–water partition coefficient (Wildman–Crippen LogP) is 2.28. The van der Waals surface area contributed by atoms with E-state index in [1.165, 1.54) is 11.3 Å². The van der Waals surface area contributed by atoms with Crippen LogP contribution in [-0.4, -0.2) is 16.0 Å². The highest BCUT2D eigenvalue weighted by Crippen LogP contribution is 2.29. The molecule has 0 spiro atoms. The molecule has 1 aromatic heterocycles. The van der Waals surface area contributed by atoms with Gasteiger partial charge >= 0.3 is 0 Å². The van der Waals surface area contributed by atoms with Crippen molar-refractivity contribution in [2.75, 3.05) is 0 Å². The summed E-state index contributed by atoms with van der Waals surface area (Å²) in [7, 11) is 0. The van der Waals surface area contributed by atoms with E-state index in [1.54, 1.807) is 17.3 Å². The largest absolute Gasteiger partial charge is 0.384 e. The van der Waals surface area contributed by atoms with Crippen molar-refractivity contribution >= 4 is 28.9 Å². The summed E-state index contributed by atoms with van der Waals surface area (Å²) in [6.45, 7) is 1.95. The number of hydrogen-bond donors (Lipinski definition) is 2. The number of nitrogens with two attached hydrogens (primary N) is 1. The van der Waals surface area contributed by atoms with Gasteiger partial charge in [0, 0.05) is 10.5 Å². The molecule has 82 valence electrons. The Morgan fingerprint density at radius 3 is 2.88 bits per heavy atom. The summed E-state index contributed by atoms with van der Waals surface area (Å²) in [5, 5.41) is 15.1. The van der Waals surface area contributed by atoms with Crippen molar-refractivity contribution < 1.29 is 0 Å². The number of aromatic nitrogens is 2. The van der Waals surface area contributed by atoms with E-state index in [0.717, 1.165) is 20.4 Å². The fourth-order valence-corrected chi connectivity index (χ4v) is 2.86. The molecule has 16 heavy (non-hydrogen) atoms.